The van der Waals surface area contributed by atoms with Gasteiger partial charge in [-0.2, -0.15) is 8.42 Å². The van der Waals surface area contributed by atoms with Gasteiger partial charge in [0.2, 0.25) is 0 Å². The van der Waals surface area contributed by atoms with E-state index in [1.54, 1.807) is 4.90 Å². The van der Waals surface area contributed by atoms with Crippen LogP contribution in [-0.4, -0.2) is 51.1 Å². The molecule has 0 aliphatic carbocycles. The van der Waals surface area contributed by atoms with Crippen molar-refractivity contribution < 1.29 is 17.7 Å². The summed E-state index contributed by atoms with van der Waals surface area (Å²) in [5.41, 5.74) is 0. The SMILES string of the molecule is CCCN(CO)CCCS(=O)(=O)OC. The fourth-order valence-electron chi connectivity index (χ4n) is 1.12. The maximum atomic E-state index is 10.9. The van der Waals surface area contributed by atoms with Gasteiger partial charge < -0.3 is 5.11 Å². The van der Waals surface area contributed by atoms with E-state index in [1.165, 1.54) is 0 Å². The fraction of sp³-hybridized carbons (Fsp3) is 1.00. The van der Waals surface area contributed by atoms with Gasteiger partial charge >= 0.3 is 0 Å². The topological polar surface area (TPSA) is 66.8 Å². The van der Waals surface area contributed by atoms with E-state index in [2.05, 4.69) is 4.18 Å². The molecule has 0 fully saturated rings. The predicted octanol–water partition coefficient (Wildman–Crippen LogP) is 0.0145. The summed E-state index contributed by atoms with van der Waals surface area (Å²) in [6.45, 7) is 3.34. The smallest absolute Gasteiger partial charge is 0.267 e. The molecule has 0 aromatic heterocycles. The standard InChI is InChI=1S/C8H19NO4S/c1-3-5-9(8-10)6-4-7-14(11,12)13-2/h10H,3-8H2,1-2H3. The first kappa shape index (κ1) is 13.8. The lowest BCUT2D eigenvalue weighted by Crippen LogP contribution is -2.28. The average Bonchev–Trinajstić information content (AvgIpc) is 2.16. The molecule has 5 nitrogen and oxygen atoms in total. The normalized spacial score (nSPS) is 12.3. The second-order valence-corrected chi connectivity index (χ2v) is 4.90. The first-order valence-electron chi connectivity index (χ1n) is 4.67. The molecule has 0 bridgehead atoms. The molecule has 0 rings (SSSR count). The third-order valence-corrected chi connectivity index (χ3v) is 3.16. The number of nitrogens with zero attached hydrogens (tertiary/aromatic N) is 1. The van der Waals surface area contributed by atoms with E-state index in [0.717, 1.165) is 20.1 Å². The van der Waals surface area contributed by atoms with Crippen LogP contribution in [0, 0.1) is 0 Å². The van der Waals surface area contributed by atoms with Crippen LogP contribution < -0.4 is 0 Å². The lowest BCUT2D eigenvalue weighted by atomic mass is 10.4. The summed E-state index contributed by atoms with van der Waals surface area (Å²) in [5, 5.41) is 8.89. The van der Waals surface area contributed by atoms with Crippen LogP contribution in [0.2, 0.25) is 0 Å². The Hall–Kier alpha value is -0.170. The Morgan fingerprint density at radius 3 is 2.43 bits per heavy atom. The second-order valence-electron chi connectivity index (χ2n) is 3.04. The molecule has 6 heteroatoms. The summed E-state index contributed by atoms with van der Waals surface area (Å²) < 4.78 is 26.2. The maximum absolute atomic E-state index is 10.9. The number of hydrogen-bond acceptors (Lipinski definition) is 5. The summed E-state index contributed by atoms with van der Waals surface area (Å²) in [6.07, 6.45) is 1.42. The van der Waals surface area contributed by atoms with Crippen molar-refractivity contribution in [2.75, 3.05) is 32.7 Å². The lowest BCUT2D eigenvalue weighted by molar-refractivity contribution is 0.107. The number of aliphatic hydroxyl groups excluding tert-OH is 1. The van der Waals surface area contributed by atoms with Crippen LogP contribution in [0.1, 0.15) is 19.8 Å². The Morgan fingerprint density at radius 1 is 1.36 bits per heavy atom. The zero-order valence-corrected chi connectivity index (χ0v) is 9.59. The van der Waals surface area contributed by atoms with Crippen molar-refractivity contribution in [3.05, 3.63) is 0 Å². The van der Waals surface area contributed by atoms with Gasteiger partial charge in [-0.15, -0.1) is 0 Å². The average molecular weight is 225 g/mol. The molecule has 14 heavy (non-hydrogen) atoms. The van der Waals surface area contributed by atoms with Crippen LogP contribution in [-0.2, 0) is 14.3 Å². The molecule has 0 spiro atoms. The molecule has 0 atom stereocenters. The Morgan fingerprint density at radius 2 is 2.00 bits per heavy atom. The summed E-state index contributed by atoms with van der Waals surface area (Å²) in [7, 11) is -2.19. The van der Waals surface area contributed by atoms with Gasteiger partial charge in [-0.05, 0) is 12.8 Å². The van der Waals surface area contributed by atoms with Crippen molar-refractivity contribution in [1.29, 1.82) is 0 Å². The molecule has 0 unspecified atom stereocenters. The number of hydrogen-bond donors (Lipinski definition) is 1. The highest BCUT2D eigenvalue weighted by Crippen LogP contribution is 1.97. The number of aliphatic hydroxyl groups is 1. The van der Waals surface area contributed by atoms with Crippen molar-refractivity contribution in [3.63, 3.8) is 0 Å². The summed E-state index contributed by atoms with van der Waals surface area (Å²) in [6, 6.07) is 0. The van der Waals surface area contributed by atoms with Gasteiger partial charge in [0.15, 0.2) is 0 Å². The van der Waals surface area contributed by atoms with E-state index in [-0.39, 0.29) is 12.5 Å². The molecule has 0 aromatic rings. The van der Waals surface area contributed by atoms with Crippen molar-refractivity contribution >= 4 is 10.1 Å². The van der Waals surface area contributed by atoms with Crippen LogP contribution in [0.4, 0.5) is 0 Å². The molecule has 0 heterocycles. The quantitative estimate of drug-likeness (QED) is 0.466. The highest BCUT2D eigenvalue weighted by molar-refractivity contribution is 7.86. The van der Waals surface area contributed by atoms with Gasteiger partial charge in [-0.1, -0.05) is 6.92 Å². The van der Waals surface area contributed by atoms with Gasteiger partial charge in [-0.3, -0.25) is 9.08 Å². The fourth-order valence-corrected chi connectivity index (χ4v) is 1.77. The van der Waals surface area contributed by atoms with Crippen LogP contribution in [0.25, 0.3) is 0 Å². The first-order valence-corrected chi connectivity index (χ1v) is 6.25. The van der Waals surface area contributed by atoms with Crippen LogP contribution in [0.5, 0.6) is 0 Å². The van der Waals surface area contributed by atoms with E-state index in [9.17, 15) is 8.42 Å². The van der Waals surface area contributed by atoms with Gasteiger partial charge in [0.05, 0.1) is 19.6 Å². The summed E-state index contributed by atoms with van der Waals surface area (Å²) >= 11 is 0. The molecular weight excluding hydrogens is 206 g/mol. The molecule has 0 radical (unpaired) electrons. The maximum Gasteiger partial charge on any atom is 0.267 e. The lowest BCUT2D eigenvalue weighted by Gasteiger charge is -2.17. The molecule has 0 aliphatic heterocycles. The van der Waals surface area contributed by atoms with Crippen LogP contribution >= 0.6 is 0 Å². The molecular formula is C8H19NO4S. The predicted molar refractivity (Wildman–Crippen MR) is 54.4 cm³/mol. The van der Waals surface area contributed by atoms with Crippen molar-refractivity contribution in [2.24, 2.45) is 0 Å². The number of rotatable bonds is 8. The zero-order valence-electron chi connectivity index (χ0n) is 8.77. The van der Waals surface area contributed by atoms with Crippen molar-refractivity contribution in [3.8, 4) is 0 Å². The minimum absolute atomic E-state index is 0.00368. The Bertz CT molecular complexity index is 227. The summed E-state index contributed by atoms with van der Waals surface area (Å²) in [5.74, 6) is 0.00368. The summed E-state index contributed by atoms with van der Waals surface area (Å²) in [4.78, 5) is 1.80. The molecule has 86 valence electrons. The molecule has 0 saturated carbocycles. The van der Waals surface area contributed by atoms with E-state index >= 15 is 0 Å². The van der Waals surface area contributed by atoms with Crippen molar-refractivity contribution in [1.82, 2.24) is 4.90 Å². The Kier molecular flexibility index (Phi) is 7.08. The van der Waals surface area contributed by atoms with Crippen molar-refractivity contribution in [2.45, 2.75) is 19.8 Å². The zero-order chi connectivity index (χ0) is 11.0. The van der Waals surface area contributed by atoms with Gasteiger partial charge in [-0.25, -0.2) is 0 Å². The van der Waals surface area contributed by atoms with Crippen LogP contribution in [0.15, 0.2) is 0 Å². The van der Waals surface area contributed by atoms with E-state index < -0.39 is 10.1 Å². The molecule has 0 amide bonds. The molecule has 0 aliphatic rings. The van der Waals surface area contributed by atoms with Gasteiger partial charge in [0.1, 0.15) is 0 Å². The Balaban J connectivity index is 3.71. The third kappa shape index (κ3) is 6.31. The highest BCUT2D eigenvalue weighted by Gasteiger charge is 2.09. The largest absolute Gasteiger partial charge is 0.381 e. The molecule has 1 N–H and O–H groups in total. The third-order valence-electron chi connectivity index (χ3n) is 1.86. The van der Waals surface area contributed by atoms with Crippen LogP contribution in [0.3, 0.4) is 0 Å². The van der Waals surface area contributed by atoms with E-state index in [0.29, 0.717) is 13.0 Å². The van der Waals surface area contributed by atoms with Gasteiger partial charge in [0, 0.05) is 13.1 Å². The first-order chi connectivity index (χ1) is 6.55. The Labute approximate surface area is 85.8 Å². The molecule has 0 aromatic carbocycles. The van der Waals surface area contributed by atoms with Gasteiger partial charge in [0.25, 0.3) is 10.1 Å². The highest BCUT2D eigenvalue weighted by atomic mass is 32.2. The minimum Gasteiger partial charge on any atom is -0.381 e. The van der Waals surface area contributed by atoms with E-state index in [4.69, 9.17) is 5.11 Å². The second kappa shape index (κ2) is 7.17. The minimum atomic E-state index is -3.35. The van der Waals surface area contributed by atoms with E-state index in [1.807, 2.05) is 6.92 Å². The molecule has 0 saturated heterocycles. The monoisotopic (exact) mass is 225 g/mol.